The molecule has 0 aliphatic heterocycles. The van der Waals surface area contributed by atoms with Crippen LogP contribution in [0.25, 0.3) is 0 Å². The van der Waals surface area contributed by atoms with Crippen molar-refractivity contribution in [3.8, 4) is 0 Å². The number of aliphatic hydroxyl groups is 1. The van der Waals surface area contributed by atoms with Crippen molar-refractivity contribution in [1.82, 2.24) is 15.3 Å². The van der Waals surface area contributed by atoms with E-state index in [4.69, 9.17) is 5.11 Å². The number of aliphatic hydroxyl groups excluding tert-OH is 1. The molecular formula is C16H20N4O2. The van der Waals surface area contributed by atoms with Crippen LogP contribution in [0.5, 0.6) is 0 Å². The van der Waals surface area contributed by atoms with Gasteiger partial charge in [-0.15, -0.1) is 0 Å². The quantitative estimate of drug-likeness (QED) is 0.759. The number of amides is 1. The molecule has 0 radical (unpaired) electrons. The number of anilines is 2. The summed E-state index contributed by atoms with van der Waals surface area (Å²) in [4.78, 5) is 20.3. The fourth-order valence-corrected chi connectivity index (χ4v) is 1.84. The molecule has 1 heterocycles. The average Bonchev–Trinajstić information content (AvgIpc) is 2.55. The molecule has 0 spiro atoms. The number of benzene rings is 1. The number of carbonyl (C=O) groups excluding carboxylic acids is 1. The van der Waals surface area contributed by atoms with E-state index >= 15 is 0 Å². The Kier molecular flexibility index (Phi) is 5.43. The van der Waals surface area contributed by atoms with Crippen molar-refractivity contribution < 1.29 is 9.90 Å². The zero-order valence-corrected chi connectivity index (χ0v) is 12.7. The van der Waals surface area contributed by atoms with E-state index < -0.39 is 0 Å². The Morgan fingerprint density at radius 3 is 2.82 bits per heavy atom. The van der Waals surface area contributed by atoms with Gasteiger partial charge in [0.25, 0.3) is 5.91 Å². The minimum atomic E-state index is -0.171. The molecular weight excluding hydrogens is 280 g/mol. The first kappa shape index (κ1) is 15.9. The molecule has 1 aromatic carbocycles. The third-order valence-corrected chi connectivity index (χ3v) is 3.46. The van der Waals surface area contributed by atoms with Gasteiger partial charge in [-0.3, -0.25) is 9.78 Å². The lowest BCUT2D eigenvalue weighted by Crippen LogP contribution is -2.38. The van der Waals surface area contributed by atoms with E-state index in [0.29, 0.717) is 11.4 Å². The van der Waals surface area contributed by atoms with Crippen LogP contribution < -0.4 is 10.6 Å². The molecule has 2 aromatic rings. The standard InChI is InChI=1S/C16H20N4O2/c1-11(10-21)12(2)19-16(22)13-4-3-5-14(8-13)20-15-9-17-6-7-18-15/h3-9,11-12,21H,10H2,1-2H3,(H,18,20)(H,19,22). The summed E-state index contributed by atoms with van der Waals surface area (Å²) in [6.07, 6.45) is 4.80. The van der Waals surface area contributed by atoms with Gasteiger partial charge in [0.15, 0.2) is 0 Å². The molecule has 0 fully saturated rings. The van der Waals surface area contributed by atoms with E-state index in [1.54, 1.807) is 36.8 Å². The predicted octanol–water partition coefficient (Wildman–Crippen LogP) is 1.97. The van der Waals surface area contributed by atoms with Gasteiger partial charge in [-0.05, 0) is 31.0 Å². The summed E-state index contributed by atoms with van der Waals surface area (Å²) >= 11 is 0. The highest BCUT2D eigenvalue weighted by atomic mass is 16.3. The first-order valence-corrected chi connectivity index (χ1v) is 7.15. The van der Waals surface area contributed by atoms with Crippen LogP contribution in [0.2, 0.25) is 0 Å². The highest BCUT2D eigenvalue weighted by Crippen LogP contribution is 2.15. The van der Waals surface area contributed by atoms with E-state index in [0.717, 1.165) is 5.69 Å². The minimum Gasteiger partial charge on any atom is -0.396 e. The highest BCUT2D eigenvalue weighted by molar-refractivity contribution is 5.95. The summed E-state index contributed by atoms with van der Waals surface area (Å²) in [6.45, 7) is 3.80. The van der Waals surface area contributed by atoms with Gasteiger partial charge in [-0.25, -0.2) is 4.98 Å². The molecule has 6 nitrogen and oxygen atoms in total. The van der Waals surface area contributed by atoms with E-state index in [9.17, 15) is 4.79 Å². The molecule has 116 valence electrons. The van der Waals surface area contributed by atoms with Gasteiger partial charge in [0.1, 0.15) is 5.82 Å². The number of rotatable bonds is 6. The van der Waals surface area contributed by atoms with Crippen LogP contribution in [0.4, 0.5) is 11.5 Å². The smallest absolute Gasteiger partial charge is 0.251 e. The molecule has 0 aliphatic rings. The molecule has 22 heavy (non-hydrogen) atoms. The second-order valence-electron chi connectivity index (χ2n) is 5.22. The van der Waals surface area contributed by atoms with Crippen LogP contribution >= 0.6 is 0 Å². The molecule has 0 saturated heterocycles. The van der Waals surface area contributed by atoms with E-state index in [2.05, 4.69) is 20.6 Å². The van der Waals surface area contributed by atoms with Gasteiger partial charge in [0.2, 0.25) is 0 Å². The summed E-state index contributed by atoms with van der Waals surface area (Å²) in [5, 5.41) is 15.1. The Labute approximate surface area is 129 Å². The van der Waals surface area contributed by atoms with Crippen LogP contribution in [0, 0.1) is 5.92 Å². The predicted molar refractivity (Wildman–Crippen MR) is 84.9 cm³/mol. The average molecular weight is 300 g/mol. The first-order chi connectivity index (χ1) is 10.6. The third kappa shape index (κ3) is 4.26. The van der Waals surface area contributed by atoms with Crippen LogP contribution in [0.15, 0.2) is 42.9 Å². The molecule has 3 N–H and O–H groups in total. The zero-order chi connectivity index (χ0) is 15.9. The second-order valence-corrected chi connectivity index (χ2v) is 5.22. The maximum atomic E-state index is 12.2. The highest BCUT2D eigenvalue weighted by Gasteiger charge is 2.15. The summed E-state index contributed by atoms with van der Waals surface area (Å²) in [5.74, 6) is 0.447. The van der Waals surface area contributed by atoms with Crippen molar-refractivity contribution >= 4 is 17.4 Å². The SMILES string of the molecule is CC(CO)C(C)NC(=O)c1cccc(Nc2cnccn2)c1. The first-order valence-electron chi connectivity index (χ1n) is 7.15. The van der Waals surface area contributed by atoms with Crippen molar-refractivity contribution in [3.63, 3.8) is 0 Å². The van der Waals surface area contributed by atoms with E-state index in [-0.39, 0.29) is 24.5 Å². The van der Waals surface area contributed by atoms with Crippen molar-refractivity contribution in [2.75, 3.05) is 11.9 Å². The van der Waals surface area contributed by atoms with Gasteiger partial charge in [-0.1, -0.05) is 13.0 Å². The third-order valence-electron chi connectivity index (χ3n) is 3.46. The molecule has 2 rings (SSSR count). The van der Waals surface area contributed by atoms with E-state index in [1.807, 2.05) is 19.9 Å². The maximum absolute atomic E-state index is 12.2. The van der Waals surface area contributed by atoms with E-state index in [1.165, 1.54) is 0 Å². The lowest BCUT2D eigenvalue weighted by atomic mass is 10.0. The molecule has 6 heteroatoms. The van der Waals surface area contributed by atoms with Gasteiger partial charge in [0.05, 0.1) is 6.20 Å². The topological polar surface area (TPSA) is 87.1 Å². The van der Waals surface area contributed by atoms with Crippen molar-refractivity contribution in [3.05, 3.63) is 48.4 Å². The van der Waals surface area contributed by atoms with Crippen LogP contribution in [0.1, 0.15) is 24.2 Å². The second kappa shape index (κ2) is 7.51. The maximum Gasteiger partial charge on any atom is 0.251 e. The summed E-state index contributed by atoms with van der Waals surface area (Å²) in [6, 6.07) is 7.04. The fourth-order valence-electron chi connectivity index (χ4n) is 1.84. The molecule has 2 atom stereocenters. The summed E-state index contributed by atoms with van der Waals surface area (Å²) < 4.78 is 0. The largest absolute Gasteiger partial charge is 0.396 e. The number of nitrogens with zero attached hydrogens (tertiary/aromatic N) is 2. The molecule has 1 amide bonds. The van der Waals surface area contributed by atoms with Crippen LogP contribution in [-0.4, -0.2) is 33.6 Å². The van der Waals surface area contributed by atoms with Gasteiger partial charge in [0, 0.05) is 36.3 Å². The van der Waals surface area contributed by atoms with Gasteiger partial charge >= 0.3 is 0 Å². The Balaban J connectivity index is 2.06. The van der Waals surface area contributed by atoms with Crippen LogP contribution in [-0.2, 0) is 0 Å². The van der Waals surface area contributed by atoms with Crippen molar-refractivity contribution in [2.45, 2.75) is 19.9 Å². The Morgan fingerprint density at radius 2 is 2.14 bits per heavy atom. The monoisotopic (exact) mass is 300 g/mol. The summed E-state index contributed by atoms with van der Waals surface area (Å²) in [5.41, 5.74) is 1.31. The number of nitrogens with one attached hydrogen (secondary N) is 2. The van der Waals surface area contributed by atoms with Crippen LogP contribution in [0.3, 0.4) is 0 Å². The molecule has 0 bridgehead atoms. The minimum absolute atomic E-state index is 0.00449. The Morgan fingerprint density at radius 1 is 1.32 bits per heavy atom. The fraction of sp³-hybridized carbons (Fsp3) is 0.312. The molecule has 0 aliphatic carbocycles. The summed E-state index contributed by atoms with van der Waals surface area (Å²) in [7, 11) is 0. The number of aromatic nitrogens is 2. The van der Waals surface area contributed by atoms with Crippen molar-refractivity contribution in [1.29, 1.82) is 0 Å². The number of hydrogen-bond donors (Lipinski definition) is 3. The van der Waals surface area contributed by atoms with Gasteiger partial charge < -0.3 is 15.7 Å². The number of carbonyl (C=O) groups is 1. The number of hydrogen-bond acceptors (Lipinski definition) is 5. The lowest BCUT2D eigenvalue weighted by Gasteiger charge is -2.19. The zero-order valence-electron chi connectivity index (χ0n) is 12.7. The van der Waals surface area contributed by atoms with Crippen molar-refractivity contribution in [2.24, 2.45) is 5.92 Å². The Bertz CT molecular complexity index is 619. The molecule has 1 aromatic heterocycles. The van der Waals surface area contributed by atoms with Gasteiger partial charge in [-0.2, -0.15) is 0 Å². The lowest BCUT2D eigenvalue weighted by molar-refractivity contribution is 0.0916. The normalized spacial score (nSPS) is 13.2. The molecule has 2 unspecified atom stereocenters. The Hall–Kier alpha value is -2.47. The molecule has 0 saturated carbocycles.